The molecule has 13 heteroatoms. The number of hydrogen-bond acceptors (Lipinski definition) is 13. The monoisotopic (exact) mass is 830 g/mol. The van der Waals surface area contributed by atoms with Crippen LogP contribution in [0.2, 0.25) is 0 Å². The van der Waals surface area contributed by atoms with E-state index in [4.69, 9.17) is 28.4 Å². The van der Waals surface area contributed by atoms with Crippen LogP contribution in [0, 0.1) is 5.41 Å². The zero-order valence-corrected chi connectivity index (χ0v) is 37.1. The third-order valence-corrected chi connectivity index (χ3v) is 9.44. The standard InChI is InChI=1S/C47H58O13/c1-14-17-36(53)38-42(57-30(8)50)35(41(56-29(7)49)33-22-23-46(11,12)60-43(33)38)25-34-40(54)39(37(18-15-2)55-28(6)48)45(59-32(10)52)47(13,44(34)58-31(9)51)24-21-27(5)20-16-19-26(3)4/h18-19,21-23H,14-17,20,24-25H2,1-13H3/b27-21+,37-18+/t47-/m1/s1. The molecule has 0 saturated carbocycles. The Morgan fingerprint density at radius 3 is 1.83 bits per heavy atom. The molecule has 324 valence electrons. The molecule has 0 spiro atoms. The van der Waals surface area contributed by atoms with Crippen LogP contribution >= 0.6 is 0 Å². The maximum absolute atomic E-state index is 15.3. The molecule has 1 atom stereocenters. The summed E-state index contributed by atoms with van der Waals surface area (Å²) in [6, 6.07) is 0. The van der Waals surface area contributed by atoms with Gasteiger partial charge < -0.3 is 28.4 Å². The highest BCUT2D eigenvalue weighted by atomic mass is 16.6. The Balaban J connectivity index is 2.69. The average Bonchev–Trinajstić information content (AvgIpc) is 3.10. The Bertz CT molecular complexity index is 2150. The second-order valence-corrected chi connectivity index (χ2v) is 15.8. The van der Waals surface area contributed by atoms with E-state index < -0.39 is 58.8 Å². The van der Waals surface area contributed by atoms with Crippen LogP contribution in [-0.4, -0.2) is 47.0 Å². The summed E-state index contributed by atoms with van der Waals surface area (Å²) >= 11 is 0. The highest BCUT2D eigenvalue weighted by Gasteiger charge is 2.50. The molecule has 0 saturated heterocycles. The first-order chi connectivity index (χ1) is 28.0. The van der Waals surface area contributed by atoms with Gasteiger partial charge in [-0.1, -0.05) is 37.1 Å². The molecule has 0 N–H and O–H groups in total. The first kappa shape index (κ1) is 48.5. The van der Waals surface area contributed by atoms with Crippen molar-refractivity contribution in [1.29, 1.82) is 0 Å². The number of benzene rings is 1. The first-order valence-corrected chi connectivity index (χ1v) is 20.1. The van der Waals surface area contributed by atoms with Crippen LogP contribution in [0.15, 0.2) is 63.9 Å². The van der Waals surface area contributed by atoms with E-state index in [1.807, 2.05) is 26.8 Å². The number of carbonyl (C=O) groups excluding carboxylic acids is 7. The van der Waals surface area contributed by atoms with Crippen molar-refractivity contribution >= 4 is 47.5 Å². The van der Waals surface area contributed by atoms with Crippen LogP contribution in [0.4, 0.5) is 0 Å². The van der Waals surface area contributed by atoms with E-state index in [1.54, 1.807) is 46.8 Å². The van der Waals surface area contributed by atoms with Gasteiger partial charge in [0, 0.05) is 58.6 Å². The molecule has 1 heterocycles. The number of allylic oxidation sites excluding steroid dienone is 7. The molecule has 0 radical (unpaired) electrons. The van der Waals surface area contributed by atoms with E-state index >= 15 is 4.79 Å². The fourth-order valence-corrected chi connectivity index (χ4v) is 6.92. The lowest BCUT2D eigenvalue weighted by molar-refractivity contribution is -0.141. The number of carbonyl (C=O) groups is 7. The predicted molar refractivity (Wildman–Crippen MR) is 224 cm³/mol. The van der Waals surface area contributed by atoms with E-state index in [0.717, 1.165) is 52.2 Å². The minimum Gasteiger partial charge on any atom is -0.482 e. The molecule has 60 heavy (non-hydrogen) atoms. The van der Waals surface area contributed by atoms with Gasteiger partial charge in [0.15, 0.2) is 17.3 Å². The van der Waals surface area contributed by atoms with Crippen molar-refractivity contribution in [3.05, 3.63) is 80.6 Å². The van der Waals surface area contributed by atoms with Crippen molar-refractivity contribution in [2.24, 2.45) is 5.41 Å². The molecule has 0 amide bonds. The van der Waals surface area contributed by atoms with Crippen molar-refractivity contribution in [1.82, 2.24) is 0 Å². The van der Waals surface area contributed by atoms with Gasteiger partial charge in [0.2, 0.25) is 0 Å². The number of ketones is 2. The molecular weight excluding hydrogens is 773 g/mol. The second kappa shape index (κ2) is 20.4. The number of hydrogen-bond donors (Lipinski definition) is 0. The van der Waals surface area contributed by atoms with Gasteiger partial charge in [-0.05, 0) is 91.9 Å². The molecule has 0 fully saturated rings. The maximum Gasteiger partial charge on any atom is 0.308 e. The predicted octanol–water partition coefficient (Wildman–Crippen LogP) is 9.41. The largest absolute Gasteiger partial charge is 0.482 e. The number of Topliss-reactive ketones (excluding diaryl/α,β-unsaturated/α-hetero) is 2. The second-order valence-electron chi connectivity index (χ2n) is 15.8. The minimum atomic E-state index is -1.63. The quantitative estimate of drug-likeness (QED) is 0.0363. The van der Waals surface area contributed by atoms with E-state index in [1.165, 1.54) is 6.08 Å². The smallest absolute Gasteiger partial charge is 0.308 e. The maximum atomic E-state index is 15.3. The van der Waals surface area contributed by atoms with Crippen molar-refractivity contribution < 1.29 is 62.0 Å². The van der Waals surface area contributed by atoms with Gasteiger partial charge in [0.05, 0.1) is 11.0 Å². The Kier molecular flexibility index (Phi) is 16.5. The van der Waals surface area contributed by atoms with E-state index in [-0.39, 0.29) is 81.6 Å². The van der Waals surface area contributed by atoms with Gasteiger partial charge in [0.1, 0.15) is 45.5 Å². The Morgan fingerprint density at radius 2 is 1.30 bits per heavy atom. The molecule has 0 bridgehead atoms. The van der Waals surface area contributed by atoms with Crippen LogP contribution in [0.25, 0.3) is 6.08 Å². The van der Waals surface area contributed by atoms with Crippen molar-refractivity contribution in [3.63, 3.8) is 0 Å². The molecule has 3 rings (SSSR count). The molecule has 1 aromatic rings. The molecule has 1 aliphatic heterocycles. The summed E-state index contributed by atoms with van der Waals surface area (Å²) in [5.74, 6) is -6.61. The number of ether oxygens (including phenoxy) is 6. The lowest BCUT2D eigenvalue weighted by atomic mass is 9.71. The zero-order valence-electron chi connectivity index (χ0n) is 37.1. The van der Waals surface area contributed by atoms with Gasteiger partial charge >= 0.3 is 29.8 Å². The summed E-state index contributed by atoms with van der Waals surface area (Å²) in [7, 11) is 0. The Hall–Kier alpha value is -5.85. The van der Waals surface area contributed by atoms with Gasteiger partial charge in [-0.2, -0.15) is 0 Å². The zero-order chi connectivity index (χ0) is 45.3. The fraction of sp³-hybridized carbons (Fsp3) is 0.468. The number of rotatable bonds is 17. The lowest BCUT2D eigenvalue weighted by Crippen LogP contribution is -2.37. The molecular formula is C47H58O13. The summed E-state index contributed by atoms with van der Waals surface area (Å²) < 4.78 is 35.6. The summed E-state index contributed by atoms with van der Waals surface area (Å²) in [4.78, 5) is 94.0. The van der Waals surface area contributed by atoms with E-state index in [9.17, 15) is 28.8 Å². The van der Waals surface area contributed by atoms with Gasteiger partial charge in [-0.15, -0.1) is 0 Å². The molecule has 0 unspecified atom stereocenters. The molecule has 2 aliphatic rings. The van der Waals surface area contributed by atoms with Gasteiger partial charge in [-0.3, -0.25) is 33.6 Å². The van der Waals surface area contributed by atoms with Gasteiger partial charge in [-0.25, -0.2) is 0 Å². The molecule has 0 aromatic heterocycles. The Labute approximate surface area is 352 Å². The third kappa shape index (κ3) is 11.9. The van der Waals surface area contributed by atoms with E-state index in [2.05, 4.69) is 6.08 Å². The highest BCUT2D eigenvalue weighted by Crippen LogP contribution is 2.53. The summed E-state index contributed by atoms with van der Waals surface area (Å²) in [6.45, 7) is 20.3. The van der Waals surface area contributed by atoms with Crippen molar-refractivity contribution in [2.75, 3.05) is 0 Å². The average molecular weight is 831 g/mol. The minimum absolute atomic E-state index is 0.000625. The van der Waals surface area contributed by atoms with Crippen molar-refractivity contribution in [3.8, 4) is 17.2 Å². The van der Waals surface area contributed by atoms with Crippen LogP contribution in [0.3, 0.4) is 0 Å². The normalized spacial score (nSPS) is 17.3. The van der Waals surface area contributed by atoms with Crippen LogP contribution < -0.4 is 14.2 Å². The lowest BCUT2D eigenvalue weighted by Gasteiger charge is -2.38. The SMILES string of the molecule is CC/C=C(/OC(C)=O)C1=C(OC(C)=O)[C@](C)(C/C=C(\C)CCC=C(C)C)C(OC(C)=O)=C(Cc2c(OC(C)=O)c3c(c(C(=O)CCC)c2OC(C)=O)OC(C)(C)C=C3)C1=O. The van der Waals surface area contributed by atoms with Crippen LogP contribution in [-0.2, 0) is 49.4 Å². The van der Waals surface area contributed by atoms with Crippen LogP contribution in [0.1, 0.15) is 150 Å². The summed E-state index contributed by atoms with van der Waals surface area (Å²) in [5.41, 5.74) is -1.11. The third-order valence-electron chi connectivity index (χ3n) is 9.44. The van der Waals surface area contributed by atoms with Gasteiger partial charge in [0.25, 0.3) is 0 Å². The highest BCUT2D eigenvalue weighted by molar-refractivity contribution is 6.14. The van der Waals surface area contributed by atoms with E-state index in [0.29, 0.717) is 12.8 Å². The van der Waals surface area contributed by atoms with Crippen LogP contribution in [0.5, 0.6) is 17.2 Å². The number of esters is 5. The number of fused-ring (bicyclic) bond motifs is 1. The molecule has 13 nitrogen and oxygen atoms in total. The fourth-order valence-electron chi connectivity index (χ4n) is 6.92. The summed E-state index contributed by atoms with van der Waals surface area (Å²) in [5, 5.41) is 0. The first-order valence-electron chi connectivity index (χ1n) is 20.1. The molecule has 1 aliphatic carbocycles. The Morgan fingerprint density at radius 1 is 0.717 bits per heavy atom. The summed E-state index contributed by atoms with van der Waals surface area (Å²) in [6.07, 6.45) is 10.2. The molecule has 1 aromatic carbocycles. The van der Waals surface area contributed by atoms with Crippen molar-refractivity contribution in [2.45, 2.75) is 141 Å². The topological polar surface area (TPSA) is 175 Å².